The molecule has 3 rings (SSSR count). The molecule has 0 saturated heterocycles. The number of para-hydroxylation sites is 1. The van der Waals surface area contributed by atoms with Gasteiger partial charge < -0.3 is 4.74 Å². The lowest BCUT2D eigenvalue weighted by Gasteiger charge is -2.08. The molecule has 0 saturated carbocycles. The molecule has 1 aromatic heterocycles. The number of carbonyl (C=O) groups excluding carboxylic acids is 1. The zero-order valence-corrected chi connectivity index (χ0v) is 13.2. The molecule has 0 amide bonds. The first-order valence-corrected chi connectivity index (χ1v) is 7.31. The Bertz CT molecular complexity index is 840. The number of benzene rings is 2. The molecule has 0 unspecified atom stereocenters. The van der Waals surface area contributed by atoms with Gasteiger partial charge in [0.05, 0.1) is 15.6 Å². The summed E-state index contributed by atoms with van der Waals surface area (Å²) in [5.41, 5.74) is 1.42. The van der Waals surface area contributed by atoms with Crippen LogP contribution in [0.3, 0.4) is 0 Å². The zero-order valence-electron chi connectivity index (χ0n) is 11.0. The molecular formula is C14H8Cl3N3O2. The van der Waals surface area contributed by atoms with Crippen molar-refractivity contribution in [2.45, 2.75) is 6.54 Å². The second-order valence-corrected chi connectivity index (χ2v) is 5.66. The largest absolute Gasteiger partial charge is 0.422 e. The second kappa shape index (κ2) is 6.12. The van der Waals surface area contributed by atoms with Gasteiger partial charge in [0.2, 0.25) is 0 Å². The average Bonchev–Trinajstić information content (AvgIpc) is 2.86. The molecule has 5 nitrogen and oxygen atoms in total. The molecule has 3 aromatic rings. The standard InChI is InChI=1S/C14H8Cl3N3O2/c15-8-5-9(16)14(10(17)6-8)22-13(21)7-20-12-4-2-1-3-11(12)18-19-20/h1-6H,7H2. The Morgan fingerprint density at radius 2 is 1.82 bits per heavy atom. The Balaban J connectivity index is 1.81. The van der Waals surface area contributed by atoms with Gasteiger partial charge in [-0.15, -0.1) is 5.10 Å². The van der Waals surface area contributed by atoms with Gasteiger partial charge in [0.1, 0.15) is 12.1 Å². The normalized spacial score (nSPS) is 10.9. The maximum Gasteiger partial charge on any atom is 0.333 e. The third-order valence-corrected chi connectivity index (χ3v) is 3.66. The van der Waals surface area contributed by atoms with E-state index < -0.39 is 5.97 Å². The summed E-state index contributed by atoms with van der Waals surface area (Å²) in [6.45, 7) is -0.115. The molecule has 0 fully saturated rings. The molecule has 22 heavy (non-hydrogen) atoms. The minimum absolute atomic E-state index is 0.0714. The summed E-state index contributed by atoms with van der Waals surface area (Å²) in [5.74, 6) is -0.496. The monoisotopic (exact) mass is 355 g/mol. The van der Waals surface area contributed by atoms with E-state index in [0.717, 1.165) is 5.52 Å². The van der Waals surface area contributed by atoms with E-state index in [1.165, 1.54) is 16.8 Å². The fraction of sp³-hybridized carbons (Fsp3) is 0.0714. The second-order valence-electron chi connectivity index (χ2n) is 4.41. The van der Waals surface area contributed by atoms with Crippen LogP contribution >= 0.6 is 34.8 Å². The van der Waals surface area contributed by atoms with Crippen molar-refractivity contribution in [3.63, 3.8) is 0 Å². The maximum atomic E-state index is 12.1. The van der Waals surface area contributed by atoms with Crippen molar-refractivity contribution < 1.29 is 9.53 Å². The third kappa shape index (κ3) is 3.02. The van der Waals surface area contributed by atoms with Crippen LogP contribution in [0.15, 0.2) is 36.4 Å². The molecular weight excluding hydrogens is 349 g/mol. The Morgan fingerprint density at radius 1 is 1.14 bits per heavy atom. The van der Waals surface area contributed by atoms with Crippen LogP contribution in [-0.2, 0) is 11.3 Å². The Kier molecular flexibility index (Phi) is 4.20. The molecule has 0 aliphatic carbocycles. The molecule has 0 spiro atoms. The highest BCUT2D eigenvalue weighted by Crippen LogP contribution is 2.35. The molecule has 0 atom stereocenters. The van der Waals surface area contributed by atoms with Gasteiger partial charge in [0, 0.05) is 5.02 Å². The molecule has 2 aromatic carbocycles. The summed E-state index contributed by atoms with van der Waals surface area (Å²) in [5, 5.41) is 8.56. The first-order chi connectivity index (χ1) is 10.5. The molecule has 0 bridgehead atoms. The first-order valence-electron chi connectivity index (χ1n) is 6.18. The van der Waals surface area contributed by atoms with Crippen molar-refractivity contribution in [3.05, 3.63) is 51.5 Å². The molecule has 1 heterocycles. The van der Waals surface area contributed by atoms with Crippen LogP contribution in [0.1, 0.15) is 0 Å². The van der Waals surface area contributed by atoms with Gasteiger partial charge in [0.25, 0.3) is 0 Å². The van der Waals surface area contributed by atoms with Gasteiger partial charge in [-0.25, -0.2) is 9.48 Å². The van der Waals surface area contributed by atoms with Crippen LogP contribution in [-0.4, -0.2) is 21.0 Å². The summed E-state index contributed by atoms with van der Waals surface area (Å²) in [4.78, 5) is 12.1. The number of hydrogen-bond donors (Lipinski definition) is 0. The topological polar surface area (TPSA) is 57.0 Å². The number of rotatable bonds is 3. The minimum atomic E-state index is -0.568. The summed E-state index contributed by atoms with van der Waals surface area (Å²) < 4.78 is 6.64. The molecule has 0 aliphatic rings. The highest BCUT2D eigenvalue weighted by Gasteiger charge is 2.15. The fourth-order valence-corrected chi connectivity index (χ4v) is 2.82. The highest BCUT2D eigenvalue weighted by atomic mass is 35.5. The van der Waals surface area contributed by atoms with Crippen molar-refractivity contribution >= 4 is 51.8 Å². The lowest BCUT2D eigenvalue weighted by molar-refractivity contribution is -0.135. The van der Waals surface area contributed by atoms with Gasteiger partial charge in [-0.05, 0) is 24.3 Å². The van der Waals surface area contributed by atoms with E-state index >= 15 is 0 Å². The summed E-state index contributed by atoms with van der Waals surface area (Å²) in [7, 11) is 0. The van der Waals surface area contributed by atoms with Crippen molar-refractivity contribution in [2.24, 2.45) is 0 Å². The number of aromatic nitrogens is 3. The quantitative estimate of drug-likeness (QED) is 0.526. The van der Waals surface area contributed by atoms with E-state index in [4.69, 9.17) is 39.5 Å². The van der Waals surface area contributed by atoms with Crippen LogP contribution in [0.5, 0.6) is 5.75 Å². The smallest absolute Gasteiger partial charge is 0.333 e. The van der Waals surface area contributed by atoms with Gasteiger partial charge in [-0.3, -0.25) is 0 Å². The number of halogens is 3. The van der Waals surface area contributed by atoms with E-state index in [2.05, 4.69) is 10.3 Å². The Labute approximate surface area is 140 Å². The minimum Gasteiger partial charge on any atom is -0.422 e. The predicted molar refractivity (Wildman–Crippen MR) is 84.6 cm³/mol. The van der Waals surface area contributed by atoms with E-state index in [1.807, 2.05) is 18.2 Å². The number of ether oxygens (including phenoxy) is 1. The van der Waals surface area contributed by atoms with E-state index in [9.17, 15) is 4.79 Å². The molecule has 8 heteroatoms. The number of carbonyl (C=O) groups is 1. The first kappa shape index (κ1) is 15.1. The predicted octanol–water partition coefficient (Wildman–Crippen LogP) is 4.00. The van der Waals surface area contributed by atoms with Gasteiger partial charge >= 0.3 is 5.97 Å². The van der Waals surface area contributed by atoms with Crippen LogP contribution < -0.4 is 4.74 Å². The van der Waals surface area contributed by atoms with E-state index in [-0.39, 0.29) is 22.3 Å². The van der Waals surface area contributed by atoms with Gasteiger partial charge in [-0.2, -0.15) is 0 Å². The lowest BCUT2D eigenvalue weighted by Crippen LogP contribution is -2.17. The fourth-order valence-electron chi connectivity index (χ4n) is 1.93. The number of esters is 1. The summed E-state index contributed by atoms with van der Waals surface area (Å²) in [6.07, 6.45) is 0. The van der Waals surface area contributed by atoms with Crippen molar-refractivity contribution in [1.29, 1.82) is 0 Å². The van der Waals surface area contributed by atoms with Crippen LogP contribution in [0, 0.1) is 0 Å². The Hall–Kier alpha value is -1.82. The van der Waals surface area contributed by atoms with Crippen LogP contribution in [0.2, 0.25) is 15.1 Å². The van der Waals surface area contributed by atoms with E-state index in [1.54, 1.807) is 6.07 Å². The lowest BCUT2D eigenvalue weighted by atomic mass is 10.3. The number of fused-ring (bicyclic) bond motifs is 1. The van der Waals surface area contributed by atoms with Crippen LogP contribution in [0.4, 0.5) is 0 Å². The van der Waals surface area contributed by atoms with Gasteiger partial charge in [0.15, 0.2) is 5.75 Å². The van der Waals surface area contributed by atoms with Crippen molar-refractivity contribution in [3.8, 4) is 5.75 Å². The molecule has 112 valence electrons. The number of hydrogen-bond acceptors (Lipinski definition) is 4. The SMILES string of the molecule is O=C(Cn1nnc2ccccc21)Oc1c(Cl)cc(Cl)cc1Cl. The van der Waals surface area contributed by atoms with Crippen molar-refractivity contribution in [1.82, 2.24) is 15.0 Å². The molecule has 0 aliphatic heterocycles. The van der Waals surface area contributed by atoms with Crippen LogP contribution in [0.25, 0.3) is 11.0 Å². The molecule has 0 N–H and O–H groups in total. The summed E-state index contributed by atoms with van der Waals surface area (Å²) in [6, 6.07) is 10.2. The van der Waals surface area contributed by atoms with E-state index in [0.29, 0.717) is 10.5 Å². The Morgan fingerprint density at radius 3 is 2.55 bits per heavy atom. The zero-order chi connectivity index (χ0) is 15.7. The van der Waals surface area contributed by atoms with Crippen molar-refractivity contribution in [2.75, 3.05) is 0 Å². The van der Waals surface area contributed by atoms with Gasteiger partial charge in [-0.1, -0.05) is 52.1 Å². The third-order valence-electron chi connectivity index (χ3n) is 2.88. The highest BCUT2D eigenvalue weighted by molar-refractivity contribution is 6.40. The maximum absolute atomic E-state index is 12.1. The average molecular weight is 357 g/mol. The number of nitrogens with zero attached hydrogens (tertiary/aromatic N) is 3. The molecule has 0 radical (unpaired) electrons. The summed E-state index contributed by atoms with van der Waals surface area (Å²) >= 11 is 17.8.